The topological polar surface area (TPSA) is 54.0 Å². The zero-order valence-electron chi connectivity index (χ0n) is 18.3. The number of aryl methyl sites for hydroxylation is 2. The van der Waals surface area contributed by atoms with E-state index in [1.807, 2.05) is 18.3 Å². The molecule has 1 aromatic heterocycles. The molecule has 0 spiro atoms. The van der Waals surface area contributed by atoms with E-state index >= 15 is 0 Å². The predicted molar refractivity (Wildman–Crippen MR) is 125 cm³/mol. The number of carbonyl (C=O) groups is 1. The van der Waals surface area contributed by atoms with Gasteiger partial charge < -0.3 is 10.6 Å². The van der Waals surface area contributed by atoms with Gasteiger partial charge in [0.25, 0.3) is 0 Å². The molecule has 1 amide bonds. The van der Waals surface area contributed by atoms with Gasteiger partial charge in [0.1, 0.15) is 0 Å². The van der Waals surface area contributed by atoms with Crippen molar-refractivity contribution in [2.45, 2.75) is 46.6 Å². The summed E-state index contributed by atoms with van der Waals surface area (Å²) in [7, 11) is 0. The molecule has 3 rings (SSSR count). The van der Waals surface area contributed by atoms with Crippen LogP contribution in [-0.2, 0) is 17.8 Å². The van der Waals surface area contributed by atoms with Gasteiger partial charge in [0.05, 0.1) is 17.9 Å². The molecular formula is C26H31N3O. The van der Waals surface area contributed by atoms with E-state index in [0.717, 1.165) is 28.9 Å². The molecule has 0 bridgehead atoms. The number of anilines is 1. The highest BCUT2D eigenvalue weighted by molar-refractivity contribution is 5.93. The van der Waals surface area contributed by atoms with E-state index in [0.29, 0.717) is 6.54 Å². The molecule has 0 unspecified atom stereocenters. The summed E-state index contributed by atoms with van der Waals surface area (Å²) in [5.41, 5.74) is 7.49. The van der Waals surface area contributed by atoms with Crippen LogP contribution in [0.2, 0.25) is 0 Å². The third kappa shape index (κ3) is 5.77. The second kappa shape index (κ2) is 10.2. The number of carbonyl (C=O) groups excluding carboxylic acids is 1. The second-order valence-corrected chi connectivity index (χ2v) is 8.01. The molecule has 0 radical (unpaired) electrons. The van der Waals surface area contributed by atoms with Crippen molar-refractivity contribution in [3.8, 4) is 11.1 Å². The van der Waals surface area contributed by atoms with Crippen molar-refractivity contribution in [3.05, 3.63) is 83.2 Å². The second-order valence-electron chi connectivity index (χ2n) is 8.01. The number of nitrogens with zero attached hydrogens (tertiary/aromatic N) is 1. The summed E-state index contributed by atoms with van der Waals surface area (Å²) < 4.78 is 0. The van der Waals surface area contributed by atoms with Crippen LogP contribution in [0.3, 0.4) is 0 Å². The lowest BCUT2D eigenvalue weighted by Gasteiger charge is -2.15. The fourth-order valence-corrected chi connectivity index (χ4v) is 3.50. The minimum atomic E-state index is -0.0641. The largest absolute Gasteiger partial charge is 0.323 e. The van der Waals surface area contributed by atoms with E-state index < -0.39 is 0 Å². The maximum Gasteiger partial charge on any atom is 0.238 e. The Morgan fingerprint density at radius 1 is 1.00 bits per heavy atom. The lowest BCUT2D eigenvalue weighted by Crippen LogP contribution is -2.28. The molecule has 2 N–H and O–H groups in total. The lowest BCUT2D eigenvalue weighted by molar-refractivity contribution is -0.115. The van der Waals surface area contributed by atoms with Crippen molar-refractivity contribution in [2.24, 2.45) is 0 Å². The average molecular weight is 402 g/mol. The normalized spacial score (nSPS) is 11.0. The van der Waals surface area contributed by atoms with Crippen molar-refractivity contribution in [1.82, 2.24) is 10.3 Å². The highest BCUT2D eigenvalue weighted by Crippen LogP contribution is 2.28. The van der Waals surface area contributed by atoms with Gasteiger partial charge in [0.2, 0.25) is 5.91 Å². The van der Waals surface area contributed by atoms with E-state index in [1.165, 1.54) is 16.7 Å². The molecule has 0 atom stereocenters. The number of pyridine rings is 1. The van der Waals surface area contributed by atoms with Crippen LogP contribution < -0.4 is 10.6 Å². The molecule has 30 heavy (non-hydrogen) atoms. The predicted octanol–water partition coefficient (Wildman–Crippen LogP) is 5.47. The summed E-state index contributed by atoms with van der Waals surface area (Å²) in [6.07, 6.45) is 2.89. The van der Waals surface area contributed by atoms with E-state index in [9.17, 15) is 4.79 Å². The molecule has 4 heteroatoms. The molecular weight excluding hydrogens is 370 g/mol. The van der Waals surface area contributed by atoms with Crippen LogP contribution in [0.1, 0.15) is 49.1 Å². The van der Waals surface area contributed by atoms with Gasteiger partial charge in [0.15, 0.2) is 0 Å². The number of benzene rings is 2. The van der Waals surface area contributed by atoms with Gasteiger partial charge in [-0.3, -0.25) is 9.78 Å². The standard InChI is InChI=1S/C26H31N3O/c1-5-20-9-7-11-22(13-20)23-14-24(26(18(2)3)28-16-23)29-25(30)17-27-15-21-10-6-8-19(4)12-21/h6-14,16,18,27H,5,15,17H2,1-4H3,(H,29,30). The number of hydrogen-bond acceptors (Lipinski definition) is 3. The van der Waals surface area contributed by atoms with Crippen molar-refractivity contribution in [3.63, 3.8) is 0 Å². The molecule has 0 saturated carbocycles. The summed E-state index contributed by atoms with van der Waals surface area (Å²) in [5.74, 6) is 0.155. The molecule has 1 heterocycles. The third-order valence-corrected chi connectivity index (χ3v) is 5.11. The van der Waals surface area contributed by atoms with Crippen LogP contribution in [0.5, 0.6) is 0 Å². The minimum Gasteiger partial charge on any atom is -0.323 e. The number of aromatic nitrogens is 1. The summed E-state index contributed by atoms with van der Waals surface area (Å²) in [6.45, 7) is 9.31. The molecule has 0 aliphatic heterocycles. The Hall–Kier alpha value is -2.98. The summed E-state index contributed by atoms with van der Waals surface area (Å²) in [4.78, 5) is 17.3. The van der Waals surface area contributed by atoms with Gasteiger partial charge >= 0.3 is 0 Å². The van der Waals surface area contributed by atoms with Crippen LogP contribution >= 0.6 is 0 Å². The van der Waals surface area contributed by atoms with Crippen molar-refractivity contribution < 1.29 is 4.79 Å². The Morgan fingerprint density at radius 3 is 2.50 bits per heavy atom. The van der Waals surface area contributed by atoms with E-state index in [1.54, 1.807) is 0 Å². The summed E-state index contributed by atoms with van der Waals surface area (Å²) in [5, 5.41) is 6.29. The van der Waals surface area contributed by atoms with Crippen LogP contribution in [0.25, 0.3) is 11.1 Å². The molecule has 0 aliphatic carbocycles. The first-order valence-corrected chi connectivity index (χ1v) is 10.6. The Kier molecular flexibility index (Phi) is 7.36. The van der Waals surface area contributed by atoms with Gasteiger partial charge in [-0.15, -0.1) is 0 Å². The third-order valence-electron chi connectivity index (χ3n) is 5.11. The van der Waals surface area contributed by atoms with Gasteiger partial charge in [-0.2, -0.15) is 0 Å². The van der Waals surface area contributed by atoms with Gasteiger partial charge in [-0.1, -0.05) is 74.9 Å². The van der Waals surface area contributed by atoms with Gasteiger partial charge in [-0.05, 0) is 42.0 Å². The Morgan fingerprint density at radius 2 is 1.77 bits per heavy atom. The van der Waals surface area contributed by atoms with E-state index in [2.05, 4.69) is 85.8 Å². The molecule has 0 fully saturated rings. The van der Waals surface area contributed by atoms with Crippen LogP contribution in [0.4, 0.5) is 5.69 Å². The molecule has 0 aliphatic rings. The maximum atomic E-state index is 12.6. The Balaban J connectivity index is 1.71. The maximum absolute atomic E-state index is 12.6. The zero-order chi connectivity index (χ0) is 21.5. The molecule has 156 valence electrons. The Labute approximate surface area is 179 Å². The quantitative estimate of drug-likeness (QED) is 0.526. The first-order chi connectivity index (χ1) is 14.5. The molecule has 2 aromatic carbocycles. The fraction of sp³-hybridized carbons (Fsp3) is 0.308. The highest BCUT2D eigenvalue weighted by atomic mass is 16.1. The van der Waals surface area contributed by atoms with Crippen molar-refractivity contribution in [1.29, 1.82) is 0 Å². The molecule has 0 saturated heterocycles. The van der Waals surface area contributed by atoms with E-state index in [4.69, 9.17) is 0 Å². The summed E-state index contributed by atoms with van der Waals surface area (Å²) >= 11 is 0. The lowest BCUT2D eigenvalue weighted by atomic mass is 10.0. The van der Waals surface area contributed by atoms with Crippen molar-refractivity contribution in [2.75, 3.05) is 11.9 Å². The highest BCUT2D eigenvalue weighted by Gasteiger charge is 2.13. The number of amides is 1. The zero-order valence-corrected chi connectivity index (χ0v) is 18.3. The minimum absolute atomic E-state index is 0.0641. The van der Waals surface area contributed by atoms with Gasteiger partial charge in [-0.25, -0.2) is 0 Å². The van der Waals surface area contributed by atoms with Crippen LogP contribution in [0, 0.1) is 6.92 Å². The smallest absolute Gasteiger partial charge is 0.238 e. The SMILES string of the molecule is CCc1cccc(-c2cnc(C(C)C)c(NC(=O)CNCc3cccc(C)c3)c2)c1. The van der Waals surface area contributed by atoms with Crippen LogP contribution in [0.15, 0.2) is 60.8 Å². The van der Waals surface area contributed by atoms with Gasteiger partial charge in [0, 0.05) is 18.3 Å². The summed E-state index contributed by atoms with van der Waals surface area (Å²) in [6, 6.07) is 18.8. The molecule has 3 aromatic rings. The average Bonchev–Trinajstić information content (AvgIpc) is 2.73. The first-order valence-electron chi connectivity index (χ1n) is 10.6. The molecule has 4 nitrogen and oxygen atoms in total. The monoisotopic (exact) mass is 401 g/mol. The Bertz CT molecular complexity index is 1010. The number of nitrogens with one attached hydrogen (secondary N) is 2. The van der Waals surface area contributed by atoms with Crippen LogP contribution in [-0.4, -0.2) is 17.4 Å². The van der Waals surface area contributed by atoms with Crippen molar-refractivity contribution >= 4 is 11.6 Å². The first kappa shape index (κ1) is 21.7. The number of rotatable bonds is 8. The van der Waals surface area contributed by atoms with E-state index in [-0.39, 0.29) is 18.4 Å². The number of hydrogen-bond donors (Lipinski definition) is 2. The fourth-order valence-electron chi connectivity index (χ4n) is 3.50.